The van der Waals surface area contributed by atoms with Gasteiger partial charge in [0.05, 0.1) is 11.8 Å². The zero-order chi connectivity index (χ0) is 10.9. The van der Waals surface area contributed by atoms with E-state index in [1.54, 1.807) is 12.1 Å². The Hall–Kier alpha value is -1.71. The summed E-state index contributed by atoms with van der Waals surface area (Å²) in [6.07, 6.45) is -3.01. The Bertz CT molecular complexity index is 443. The molecule has 2 rings (SSSR count). The second kappa shape index (κ2) is 3.46. The van der Waals surface area contributed by atoms with Crippen LogP contribution in [0.25, 0.3) is 11.3 Å². The molecule has 15 heavy (non-hydrogen) atoms. The highest BCUT2D eigenvalue weighted by Gasteiger charge is 2.33. The quantitative estimate of drug-likeness (QED) is 0.697. The fourth-order valence-electron chi connectivity index (χ4n) is 1.38. The molecule has 0 amide bonds. The van der Waals surface area contributed by atoms with Gasteiger partial charge in [0.25, 0.3) is 0 Å². The summed E-state index contributed by atoms with van der Waals surface area (Å²) in [7, 11) is 0. The van der Waals surface area contributed by atoms with E-state index in [1.807, 2.05) is 0 Å². The Balaban J connectivity index is 2.58. The molecule has 2 aromatic rings. The molecule has 0 atom stereocenters. The van der Waals surface area contributed by atoms with Crippen LogP contribution in [0.3, 0.4) is 0 Å². The van der Waals surface area contributed by atoms with Gasteiger partial charge in [0, 0.05) is 5.56 Å². The maximum absolute atomic E-state index is 12.6. The van der Waals surface area contributed by atoms with E-state index in [-0.39, 0.29) is 11.3 Å². The molecule has 1 aromatic heterocycles. The first-order valence-corrected chi connectivity index (χ1v) is 4.29. The zero-order valence-electron chi connectivity index (χ0n) is 7.58. The van der Waals surface area contributed by atoms with Crippen molar-refractivity contribution in [1.82, 2.24) is 0 Å². The molecule has 0 spiro atoms. The van der Waals surface area contributed by atoms with Crippen LogP contribution >= 0.6 is 0 Å². The van der Waals surface area contributed by atoms with Crippen molar-refractivity contribution in [1.29, 1.82) is 0 Å². The third kappa shape index (κ3) is 1.88. The maximum atomic E-state index is 12.6. The molecule has 4 heteroatoms. The van der Waals surface area contributed by atoms with E-state index >= 15 is 0 Å². The van der Waals surface area contributed by atoms with E-state index in [4.69, 9.17) is 4.42 Å². The van der Waals surface area contributed by atoms with Crippen LogP contribution in [0.5, 0.6) is 0 Å². The first-order valence-electron chi connectivity index (χ1n) is 4.29. The summed E-state index contributed by atoms with van der Waals surface area (Å²) in [4.78, 5) is 0. The summed E-state index contributed by atoms with van der Waals surface area (Å²) in [5.74, 6) is 0.225. The van der Waals surface area contributed by atoms with Crippen LogP contribution in [0.4, 0.5) is 13.2 Å². The highest BCUT2D eigenvalue weighted by molar-refractivity contribution is 5.62. The van der Waals surface area contributed by atoms with Crippen molar-refractivity contribution < 1.29 is 17.6 Å². The first kappa shape index (κ1) is 9.83. The van der Waals surface area contributed by atoms with Crippen LogP contribution in [0.1, 0.15) is 5.56 Å². The average Bonchev–Trinajstić information content (AvgIpc) is 2.69. The van der Waals surface area contributed by atoms with Crippen molar-refractivity contribution in [3.05, 3.63) is 48.2 Å². The summed E-state index contributed by atoms with van der Waals surface area (Å²) in [5, 5.41) is 0. The monoisotopic (exact) mass is 212 g/mol. The topological polar surface area (TPSA) is 13.1 Å². The lowest BCUT2D eigenvalue weighted by Gasteiger charge is -2.10. The standard InChI is InChI=1S/C11H7F3O/c12-11(13,14)9-5-2-1-4-8(9)10-6-3-7-15-10/h1-7H. The fraction of sp³-hybridized carbons (Fsp3) is 0.0909. The number of alkyl halides is 3. The molecule has 0 radical (unpaired) electrons. The molecule has 0 saturated heterocycles. The predicted octanol–water partition coefficient (Wildman–Crippen LogP) is 3.97. The Morgan fingerprint density at radius 1 is 0.933 bits per heavy atom. The second-order valence-electron chi connectivity index (χ2n) is 3.02. The van der Waals surface area contributed by atoms with Gasteiger partial charge >= 0.3 is 6.18 Å². The van der Waals surface area contributed by atoms with Crippen molar-refractivity contribution in [2.24, 2.45) is 0 Å². The van der Waals surface area contributed by atoms with E-state index in [0.29, 0.717) is 0 Å². The molecule has 0 bridgehead atoms. The molecule has 0 aliphatic carbocycles. The highest BCUT2D eigenvalue weighted by atomic mass is 19.4. The molecule has 0 aliphatic rings. The van der Waals surface area contributed by atoms with E-state index < -0.39 is 11.7 Å². The van der Waals surface area contributed by atoms with Crippen molar-refractivity contribution >= 4 is 0 Å². The van der Waals surface area contributed by atoms with Crippen LogP contribution < -0.4 is 0 Å². The van der Waals surface area contributed by atoms with Gasteiger partial charge < -0.3 is 4.42 Å². The van der Waals surface area contributed by atoms with Crippen molar-refractivity contribution in [3.63, 3.8) is 0 Å². The lowest BCUT2D eigenvalue weighted by molar-refractivity contribution is -0.137. The van der Waals surface area contributed by atoms with E-state index in [0.717, 1.165) is 6.07 Å². The largest absolute Gasteiger partial charge is 0.464 e. The number of benzene rings is 1. The van der Waals surface area contributed by atoms with Gasteiger partial charge in [0.1, 0.15) is 5.76 Å². The van der Waals surface area contributed by atoms with Crippen LogP contribution in [0, 0.1) is 0 Å². The van der Waals surface area contributed by atoms with Gasteiger partial charge in [-0.05, 0) is 18.2 Å². The van der Waals surface area contributed by atoms with Crippen molar-refractivity contribution in [3.8, 4) is 11.3 Å². The molecule has 0 N–H and O–H groups in total. The summed E-state index contributed by atoms with van der Waals surface area (Å²) in [5.41, 5.74) is -0.616. The van der Waals surface area contributed by atoms with E-state index in [2.05, 4.69) is 0 Å². The van der Waals surface area contributed by atoms with Gasteiger partial charge in [-0.1, -0.05) is 18.2 Å². The number of halogens is 3. The predicted molar refractivity (Wildman–Crippen MR) is 49.1 cm³/mol. The third-order valence-electron chi connectivity index (χ3n) is 2.02. The minimum Gasteiger partial charge on any atom is -0.464 e. The van der Waals surface area contributed by atoms with Crippen LogP contribution in [-0.4, -0.2) is 0 Å². The number of rotatable bonds is 1. The summed E-state index contributed by atoms with van der Waals surface area (Å²) in [6.45, 7) is 0. The zero-order valence-corrected chi connectivity index (χ0v) is 7.58. The number of furan rings is 1. The molecule has 0 saturated carbocycles. The Kier molecular flexibility index (Phi) is 2.26. The van der Waals surface area contributed by atoms with E-state index in [1.165, 1.54) is 24.5 Å². The van der Waals surface area contributed by atoms with Gasteiger partial charge in [-0.3, -0.25) is 0 Å². The Labute approximate surface area is 84.1 Å². The SMILES string of the molecule is FC(F)(F)c1ccccc1-c1ccco1. The van der Waals surface area contributed by atoms with Crippen LogP contribution in [0.2, 0.25) is 0 Å². The average molecular weight is 212 g/mol. The van der Waals surface area contributed by atoms with Gasteiger partial charge in [0.2, 0.25) is 0 Å². The first-order chi connectivity index (χ1) is 7.09. The molecule has 78 valence electrons. The molecule has 0 aliphatic heterocycles. The number of hydrogen-bond acceptors (Lipinski definition) is 1. The second-order valence-corrected chi connectivity index (χ2v) is 3.02. The molecule has 1 heterocycles. The van der Waals surface area contributed by atoms with Crippen LogP contribution in [0.15, 0.2) is 47.1 Å². The van der Waals surface area contributed by atoms with Crippen molar-refractivity contribution in [2.45, 2.75) is 6.18 Å². The lowest BCUT2D eigenvalue weighted by atomic mass is 10.1. The maximum Gasteiger partial charge on any atom is 0.417 e. The fourth-order valence-corrected chi connectivity index (χ4v) is 1.38. The third-order valence-corrected chi connectivity index (χ3v) is 2.02. The summed E-state index contributed by atoms with van der Waals surface area (Å²) >= 11 is 0. The highest BCUT2D eigenvalue weighted by Crippen LogP contribution is 2.36. The minimum absolute atomic E-state index is 0.0648. The molecule has 0 unspecified atom stereocenters. The van der Waals surface area contributed by atoms with Gasteiger partial charge in [0.15, 0.2) is 0 Å². The normalized spacial score (nSPS) is 11.7. The van der Waals surface area contributed by atoms with Gasteiger partial charge in [-0.25, -0.2) is 0 Å². The minimum atomic E-state index is -4.36. The molecule has 0 fully saturated rings. The smallest absolute Gasteiger partial charge is 0.417 e. The van der Waals surface area contributed by atoms with Gasteiger partial charge in [-0.15, -0.1) is 0 Å². The Morgan fingerprint density at radius 3 is 2.27 bits per heavy atom. The van der Waals surface area contributed by atoms with Crippen molar-refractivity contribution in [2.75, 3.05) is 0 Å². The molecule has 1 nitrogen and oxygen atoms in total. The van der Waals surface area contributed by atoms with E-state index in [9.17, 15) is 13.2 Å². The molecular weight excluding hydrogens is 205 g/mol. The molecule has 1 aromatic carbocycles. The van der Waals surface area contributed by atoms with Gasteiger partial charge in [-0.2, -0.15) is 13.2 Å². The Morgan fingerprint density at radius 2 is 1.67 bits per heavy atom. The number of hydrogen-bond donors (Lipinski definition) is 0. The summed E-state index contributed by atoms with van der Waals surface area (Å²) < 4.78 is 42.8. The summed E-state index contributed by atoms with van der Waals surface area (Å²) in [6, 6.07) is 8.40. The lowest BCUT2D eigenvalue weighted by Crippen LogP contribution is -2.06. The molecular formula is C11H7F3O. The van der Waals surface area contributed by atoms with Crippen LogP contribution in [-0.2, 0) is 6.18 Å².